The number of benzene rings is 2. The first-order chi connectivity index (χ1) is 11.9. The number of carbonyl (C=O) groups excluding carboxylic acids is 1. The van der Waals surface area contributed by atoms with Crippen LogP contribution in [-0.2, 0) is 0 Å². The minimum absolute atomic E-state index is 0.0210. The summed E-state index contributed by atoms with van der Waals surface area (Å²) >= 11 is 5.83. The summed E-state index contributed by atoms with van der Waals surface area (Å²) < 4.78 is 5.48. The van der Waals surface area contributed by atoms with Gasteiger partial charge in [0.1, 0.15) is 11.5 Å². The summed E-state index contributed by atoms with van der Waals surface area (Å²) in [5.41, 5.74) is 0.714. The number of nitrogens with zero attached hydrogens (tertiary/aromatic N) is 1. The maximum absolute atomic E-state index is 12.2. The van der Waals surface area contributed by atoms with Crippen molar-refractivity contribution in [2.75, 3.05) is 5.32 Å². The molecule has 126 valence electrons. The number of hydrogen-bond donors (Lipinski definition) is 2. The predicted octanol–water partition coefficient (Wildman–Crippen LogP) is 4.47. The van der Waals surface area contributed by atoms with Gasteiger partial charge in [-0.25, -0.2) is 0 Å². The molecule has 0 saturated carbocycles. The van der Waals surface area contributed by atoms with Gasteiger partial charge < -0.3 is 14.8 Å². The van der Waals surface area contributed by atoms with Gasteiger partial charge in [-0.3, -0.25) is 14.9 Å². The number of aromatic hydroxyl groups is 1. The Balaban J connectivity index is 1.79. The Bertz CT molecular complexity index is 950. The number of amides is 1. The van der Waals surface area contributed by atoms with Crippen molar-refractivity contribution in [3.05, 3.63) is 75.5 Å². The van der Waals surface area contributed by atoms with Crippen molar-refractivity contribution in [2.45, 2.75) is 0 Å². The largest absolute Gasteiger partial charge is 0.506 e. The Hall–Kier alpha value is -3.32. The molecular weight excluding hydrogens is 348 g/mol. The number of nitro benzene ring substituents is 1. The summed E-state index contributed by atoms with van der Waals surface area (Å²) in [5, 5.41) is 23.3. The Morgan fingerprint density at radius 1 is 1.12 bits per heavy atom. The van der Waals surface area contributed by atoms with E-state index in [2.05, 4.69) is 5.32 Å². The quantitative estimate of drug-likeness (QED) is 0.406. The summed E-state index contributed by atoms with van der Waals surface area (Å²) in [6.07, 6.45) is 0. The molecule has 0 aliphatic heterocycles. The number of nitrogens with one attached hydrogen (secondary N) is 1. The van der Waals surface area contributed by atoms with Crippen LogP contribution in [0.3, 0.4) is 0 Å². The molecular formula is C17H11ClN2O5. The number of furan rings is 1. The first-order valence-corrected chi connectivity index (χ1v) is 7.46. The van der Waals surface area contributed by atoms with Crippen LogP contribution in [0.15, 0.2) is 59.0 Å². The fourth-order valence-electron chi connectivity index (χ4n) is 2.15. The van der Waals surface area contributed by atoms with Gasteiger partial charge in [-0.15, -0.1) is 0 Å². The highest BCUT2D eigenvalue weighted by Crippen LogP contribution is 2.28. The molecule has 1 amide bonds. The molecule has 0 spiro atoms. The van der Waals surface area contributed by atoms with Crippen molar-refractivity contribution in [2.24, 2.45) is 0 Å². The minimum Gasteiger partial charge on any atom is -0.506 e. The van der Waals surface area contributed by atoms with Gasteiger partial charge in [0.2, 0.25) is 0 Å². The van der Waals surface area contributed by atoms with E-state index in [1.54, 1.807) is 6.07 Å². The highest BCUT2D eigenvalue weighted by Gasteiger charge is 2.15. The summed E-state index contributed by atoms with van der Waals surface area (Å²) in [7, 11) is 0. The second-order valence-corrected chi connectivity index (χ2v) is 5.52. The molecule has 0 aliphatic carbocycles. The van der Waals surface area contributed by atoms with Crippen LogP contribution in [-0.4, -0.2) is 15.9 Å². The van der Waals surface area contributed by atoms with Gasteiger partial charge in [0.05, 0.1) is 10.6 Å². The Labute approximate surface area is 146 Å². The van der Waals surface area contributed by atoms with Crippen molar-refractivity contribution >= 4 is 28.9 Å². The van der Waals surface area contributed by atoms with Gasteiger partial charge in [0.15, 0.2) is 5.76 Å². The molecule has 3 aromatic rings. The van der Waals surface area contributed by atoms with Gasteiger partial charge in [-0.1, -0.05) is 11.6 Å². The second kappa shape index (κ2) is 6.66. The number of halogens is 1. The number of non-ortho nitro benzene ring substituents is 1. The van der Waals surface area contributed by atoms with Crippen molar-refractivity contribution in [3.63, 3.8) is 0 Å². The molecule has 0 aliphatic rings. The fraction of sp³-hybridized carbons (Fsp3) is 0. The summed E-state index contributed by atoms with van der Waals surface area (Å²) in [5.74, 6) is -0.284. The standard InChI is InChI=1S/C17H11ClN2O5/c18-11-3-6-14(21)13(9-11)19-17(22)16-8-7-15(25-16)10-1-4-12(5-2-10)20(23)24/h1-9,21H,(H,19,22). The maximum Gasteiger partial charge on any atom is 0.291 e. The zero-order valence-corrected chi connectivity index (χ0v) is 13.4. The van der Waals surface area contributed by atoms with E-state index >= 15 is 0 Å². The SMILES string of the molecule is O=C(Nc1cc(Cl)ccc1O)c1ccc(-c2ccc([N+](=O)[O-])cc2)o1. The van der Waals surface area contributed by atoms with Crippen LogP contribution >= 0.6 is 11.6 Å². The number of phenols is 1. The van der Waals surface area contributed by atoms with Crippen LogP contribution in [0.2, 0.25) is 5.02 Å². The lowest BCUT2D eigenvalue weighted by atomic mass is 10.1. The number of rotatable bonds is 4. The Morgan fingerprint density at radius 2 is 1.84 bits per heavy atom. The molecule has 25 heavy (non-hydrogen) atoms. The Kier molecular flexibility index (Phi) is 4.40. The van der Waals surface area contributed by atoms with Crippen molar-refractivity contribution in [3.8, 4) is 17.1 Å². The third-order valence-electron chi connectivity index (χ3n) is 3.40. The number of nitro groups is 1. The lowest BCUT2D eigenvalue weighted by Gasteiger charge is -2.06. The molecule has 2 N–H and O–H groups in total. The molecule has 3 rings (SSSR count). The van der Waals surface area contributed by atoms with Crippen LogP contribution in [0.4, 0.5) is 11.4 Å². The van der Waals surface area contributed by atoms with E-state index in [9.17, 15) is 20.0 Å². The van der Waals surface area contributed by atoms with Crippen molar-refractivity contribution in [1.82, 2.24) is 0 Å². The molecule has 0 radical (unpaired) electrons. The normalized spacial score (nSPS) is 10.4. The van der Waals surface area contributed by atoms with E-state index in [1.807, 2.05) is 0 Å². The molecule has 0 saturated heterocycles. The van der Waals surface area contributed by atoms with E-state index in [0.717, 1.165) is 0 Å². The first-order valence-electron chi connectivity index (χ1n) is 7.08. The number of hydrogen-bond acceptors (Lipinski definition) is 5. The van der Waals surface area contributed by atoms with E-state index in [1.165, 1.54) is 48.5 Å². The van der Waals surface area contributed by atoms with Crippen LogP contribution in [0.5, 0.6) is 5.75 Å². The second-order valence-electron chi connectivity index (χ2n) is 5.08. The topological polar surface area (TPSA) is 106 Å². The zero-order valence-electron chi connectivity index (χ0n) is 12.6. The molecule has 0 bridgehead atoms. The fourth-order valence-corrected chi connectivity index (χ4v) is 2.33. The van der Waals surface area contributed by atoms with Gasteiger partial charge in [0, 0.05) is 22.7 Å². The summed E-state index contributed by atoms with van der Waals surface area (Å²) in [6.45, 7) is 0. The van der Waals surface area contributed by atoms with Gasteiger partial charge in [0.25, 0.3) is 11.6 Å². The molecule has 7 nitrogen and oxygen atoms in total. The summed E-state index contributed by atoms with van der Waals surface area (Å²) in [6, 6.07) is 13.1. The average molecular weight is 359 g/mol. The van der Waals surface area contributed by atoms with E-state index in [4.69, 9.17) is 16.0 Å². The molecule has 0 fully saturated rings. The molecule has 8 heteroatoms. The van der Waals surface area contributed by atoms with Crippen LogP contribution in [0.1, 0.15) is 10.6 Å². The summed E-state index contributed by atoms with van der Waals surface area (Å²) in [4.78, 5) is 22.4. The number of anilines is 1. The smallest absolute Gasteiger partial charge is 0.291 e. The number of carbonyl (C=O) groups is 1. The molecule has 0 atom stereocenters. The van der Waals surface area contributed by atoms with Crippen LogP contribution < -0.4 is 5.32 Å². The van der Waals surface area contributed by atoms with E-state index in [0.29, 0.717) is 16.3 Å². The van der Waals surface area contributed by atoms with E-state index in [-0.39, 0.29) is 22.9 Å². The lowest BCUT2D eigenvalue weighted by molar-refractivity contribution is -0.384. The highest BCUT2D eigenvalue weighted by molar-refractivity contribution is 6.31. The molecule has 1 heterocycles. The lowest BCUT2D eigenvalue weighted by Crippen LogP contribution is -2.10. The van der Waals surface area contributed by atoms with Crippen LogP contribution in [0, 0.1) is 10.1 Å². The third kappa shape index (κ3) is 3.61. The molecule has 2 aromatic carbocycles. The minimum atomic E-state index is -0.564. The zero-order chi connectivity index (χ0) is 18.0. The van der Waals surface area contributed by atoms with Crippen molar-refractivity contribution in [1.29, 1.82) is 0 Å². The van der Waals surface area contributed by atoms with E-state index < -0.39 is 10.8 Å². The first kappa shape index (κ1) is 16.5. The molecule has 1 aromatic heterocycles. The predicted molar refractivity (Wildman–Crippen MR) is 91.9 cm³/mol. The van der Waals surface area contributed by atoms with Crippen molar-refractivity contribution < 1.29 is 19.2 Å². The average Bonchev–Trinajstić information content (AvgIpc) is 3.08. The van der Waals surface area contributed by atoms with Crippen LogP contribution in [0.25, 0.3) is 11.3 Å². The van der Waals surface area contributed by atoms with Gasteiger partial charge >= 0.3 is 0 Å². The third-order valence-corrected chi connectivity index (χ3v) is 3.63. The monoisotopic (exact) mass is 358 g/mol. The highest BCUT2D eigenvalue weighted by atomic mass is 35.5. The van der Waals surface area contributed by atoms with Gasteiger partial charge in [-0.2, -0.15) is 0 Å². The maximum atomic E-state index is 12.2. The molecule has 0 unspecified atom stereocenters. The van der Waals surface area contributed by atoms with Gasteiger partial charge in [-0.05, 0) is 42.5 Å². The number of phenolic OH excluding ortho intramolecular Hbond substituents is 1. The Morgan fingerprint density at radius 3 is 2.52 bits per heavy atom.